The van der Waals surface area contributed by atoms with Crippen molar-refractivity contribution in [2.45, 2.75) is 39.0 Å². The van der Waals surface area contributed by atoms with Gasteiger partial charge in [0.2, 0.25) is 0 Å². The van der Waals surface area contributed by atoms with E-state index in [1.54, 1.807) is 0 Å². The van der Waals surface area contributed by atoms with Gasteiger partial charge in [-0.2, -0.15) is 0 Å². The number of allylic oxidation sites excluding steroid dienone is 1. The number of rotatable bonds is 6. The molecule has 0 aliphatic rings. The van der Waals surface area contributed by atoms with Crippen LogP contribution in [0.4, 0.5) is 0 Å². The summed E-state index contributed by atoms with van der Waals surface area (Å²) in [5.74, 6) is -1.74. The van der Waals surface area contributed by atoms with Crippen molar-refractivity contribution in [2.75, 3.05) is 0 Å². The summed E-state index contributed by atoms with van der Waals surface area (Å²) in [6.07, 6.45) is 8.69. The number of unbranched alkanes of at least 4 members (excludes halogenated alkanes) is 4. The summed E-state index contributed by atoms with van der Waals surface area (Å²) >= 11 is 0. The Morgan fingerprint density at radius 2 is 1.56 bits per heavy atom. The lowest BCUT2D eigenvalue weighted by molar-refractivity contribution is 0.371. The van der Waals surface area contributed by atoms with Gasteiger partial charge >= 0.3 is 0 Å². The normalized spacial score (nSPS) is 11.2. The van der Waals surface area contributed by atoms with E-state index in [1.807, 2.05) is 6.08 Å². The highest BCUT2D eigenvalue weighted by Crippen LogP contribution is 2.42. The fourth-order valence-electron chi connectivity index (χ4n) is 1.70. The quantitative estimate of drug-likeness (QED) is 0.355. The van der Waals surface area contributed by atoms with Crippen molar-refractivity contribution >= 4 is 6.08 Å². The molecular weight excluding hydrogens is 232 g/mol. The van der Waals surface area contributed by atoms with E-state index >= 15 is 0 Å². The molecule has 0 amide bonds. The van der Waals surface area contributed by atoms with E-state index in [9.17, 15) is 20.4 Å². The fourth-order valence-corrected chi connectivity index (χ4v) is 1.70. The summed E-state index contributed by atoms with van der Waals surface area (Å²) in [5, 5.41) is 37.8. The summed E-state index contributed by atoms with van der Waals surface area (Å²) < 4.78 is 0. The summed E-state index contributed by atoms with van der Waals surface area (Å²) in [6, 6.07) is 0.906. The highest BCUT2D eigenvalue weighted by Gasteiger charge is 2.13. The standard InChI is InChI=1S/C14H20O4/c1-2-3-4-5-6-7-8-10-13(17)11(15)9-12(16)14(10)18/h7-9,15-18H,2-6H2,1H3/b8-7+. The lowest BCUT2D eigenvalue weighted by Crippen LogP contribution is -1.80. The van der Waals surface area contributed by atoms with Crippen LogP contribution in [0.15, 0.2) is 12.1 Å². The van der Waals surface area contributed by atoms with Crippen molar-refractivity contribution in [3.05, 3.63) is 17.7 Å². The Kier molecular flexibility index (Phi) is 5.36. The summed E-state index contributed by atoms with van der Waals surface area (Å²) in [5.41, 5.74) is 0.0444. The molecule has 0 spiro atoms. The molecular formula is C14H20O4. The van der Waals surface area contributed by atoms with Gasteiger partial charge in [0.15, 0.2) is 23.0 Å². The largest absolute Gasteiger partial charge is 0.504 e. The minimum Gasteiger partial charge on any atom is -0.504 e. The maximum Gasteiger partial charge on any atom is 0.168 e. The van der Waals surface area contributed by atoms with E-state index < -0.39 is 23.0 Å². The summed E-state index contributed by atoms with van der Waals surface area (Å²) in [4.78, 5) is 0. The molecule has 1 aromatic carbocycles. The highest BCUT2D eigenvalue weighted by molar-refractivity contribution is 5.71. The van der Waals surface area contributed by atoms with Gasteiger partial charge in [0, 0.05) is 6.07 Å². The molecule has 1 rings (SSSR count). The molecule has 0 unspecified atom stereocenters. The predicted octanol–water partition coefficient (Wildman–Crippen LogP) is 3.49. The van der Waals surface area contributed by atoms with Crippen LogP contribution in [-0.2, 0) is 0 Å². The van der Waals surface area contributed by atoms with Crippen LogP contribution < -0.4 is 0 Å². The topological polar surface area (TPSA) is 80.9 Å². The van der Waals surface area contributed by atoms with Gasteiger partial charge in [0.1, 0.15) is 0 Å². The van der Waals surface area contributed by atoms with Crippen LogP contribution in [0.5, 0.6) is 23.0 Å². The van der Waals surface area contributed by atoms with Crippen LogP contribution in [-0.4, -0.2) is 20.4 Å². The molecule has 0 aromatic heterocycles. The van der Waals surface area contributed by atoms with Crippen LogP contribution in [0.1, 0.15) is 44.6 Å². The third-order valence-electron chi connectivity index (χ3n) is 2.78. The molecule has 0 radical (unpaired) electrons. The third-order valence-corrected chi connectivity index (χ3v) is 2.78. The van der Waals surface area contributed by atoms with Gasteiger partial charge in [0.25, 0.3) is 0 Å². The Balaban J connectivity index is 2.69. The third kappa shape index (κ3) is 3.58. The molecule has 0 atom stereocenters. The predicted molar refractivity (Wildman–Crippen MR) is 70.9 cm³/mol. The van der Waals surface area contributed by atoms with E-state index in [1.165, 1.54) is 18.9 Å². The summed E-state index contributed by atoms with van der Waals surface area (Å²) in [6.45, 7) is 2.14. The Morgan fingerprint density at radius 1 is 0.944 bits per heavy atom. The number of benzene rings is 1. The molecule has 4 N–H and O–H groups in total. The molecule has 0 heterocycles. The molecule has 0 saturated heterocycles. The zero-order valence-electron chi connectivity index (χ0n) is 10.6. The van der Waals surface area contributed by atoms with Crippen LogP contribution in [0.3, 0.4) is 0 Å². The first-order valence-corrected chi connectivity index (χ1v) is 6.21. The van der Waals surface area contributed by atoms with Crippen molar-refractivity contribution < 1.29 is 20.4 Å². The van der Waals surface area contributed by atoms with Gasteiger partial charge in [-0.3, -0.25) is 0 Å². The van der Waals surface area contributed by atoms with Gasteiger partial charge in [-0.25, -0.2) is 0 Å². The Labute approximate surface area is 107 Å². The van der Waals surface area contributed by atoms with Gasteiger partial charge in [-0.05, 0) is 12.8 Å². The second-order valence-corrected chi connectivity index (χ2v) is 4.28. The molecule has 0 aliphatic carbocycles. The lowest BCUT2D eigenvalue weighted by atomic mass is 10.1. The molecule has 0 aliphatic heterocycles. The highest BCUT2D eigenvalue weighted by atomic mass is 16.3. The van der Waals surface area contributed by atoms with Crippen molar-refractivity contribution in [2.24, 2.45) is 0 Å². The van der Waals surface area contributed by atoms with Crippen LogP contribution in [0.2, 0.25) is 0 Å². The molecule has 4 heteroatoms. The monoisotopic (exact) mass is 252 g/mol. The van der Waals surface area contributed by atoms with E-state index in [-0.39, 0.29) is 5.56 Å². The van der Waals surface area contributed by atoms with Crippen molar-refractivity contribution in [1.82, 2.24) is 0 Å². The smallest absolute Gasteiger partial charge is 0.168 e. The molecule has 18 heavy (non-hydrogen) atoms. The molecule has 0 fully saturated rings. The number of phenols is 4. The van der Waals surface area contributed by atoms with Crippen molar-refractivity contribution in [3.63, 3.8) is 0 Å². The zero-order valence-corrected chi connectivity index (χ0v) is 10.6. The first-order chi connectivity index (χ1) is 8.57. The SMILES string of the molecule is CCCCCC/C=C/c1c(O)c(O)cc(O)c1O. The van der Waals surface area contributed by atoms with E-state index in [4.69, 9.17) is 0 Å². The first kappa shape index (κ1) is 14.2. The Morgan fingerprint density at radius 3 is 2.11 bits per heavy atom. The minimum atomic E-state index is -0.448. The average molecular weight is 252 g/mol. The van der Waals surface area contributed by atoms with Crippen LogP contribution >= 0.6 is 0 Å². The Bertz CT molecular complexity index is 398. The van der Waals surface area contributed by atoms with Gasteiger partial charge in [0.05, 0.1) is 5.56 Å². The second kappa shape index (κ2) is 6.79. The molecule has 4 nitrogen and oxygen atoms in total. The van der Waals surface area contributed by atoms with Crippen molar-refractivity contribution in [3.8, 4) is 23.0 Å². The van der Waals surface area contributed by atoms with Gasteiger partial charge in [-0.15, -0.1) is 0 Å². The average Bonchev–Trinajstić information content (AvgIpc) is 2.35. The zero-order chi connectivity index (χ0) is 13.5. The molecule has 0 bridgehead atoms. The maximum atomic E-state index is 9.57. The first-order valence-electron chi connectivity index (χ1n) is 6.21. The van der Waals surface area contributed by atoms with Gasteiger partial charge < -0.3 is 20.4 Å². The molecule has 0 saturated carbocycles. The summed E-state index contributed by atoms with van der Waals surface area (Å²) in [7, 11) is 0. The Hall–Kier alpha value is -1.84. The number of hydrogen-bond donors (Lipinski definition) is 4. The lowest BCUT2D eigenvalue weighted by Gasteiger charge is -2.06. The second-order valence-electron chi connectivity index (χ2n) is 4.28. The molecule has 1 aromatic rings. The number of aromatic hydroxyl groups is 4. The number of hydrogen-bond acceptors (Lipinski definition) is 4. The molecule has 100 valence electrons. The van der Waals surface area contributed by atoms with Crippen LogP contribution in [0.25, 0.3) is 6.08 Å². The van der Waals surface area contributed by atoms with E-state index in [2.05, 4.69) is 6.92 Å². The van der Waals surface area contributed by atoms with Crippen LogP contribution in [0, 0.1) is 0 Å². The fraction of sp³-hybridized carbons (Fsp3) is 0.429. The maximum absolute atomic E-state index is 9.57. The van der Waals surface area contributed by atoms with E-state index in [0.29, 0.717) is 0 Å². The van der Waals surface area contributed by atoms with Gasteiger partial charge in [-0.1, -0.05) is 38.3 Å². The van der Waals surface area contributed by atoms with Crippen molar-refractivity contribution in [1.29, 1.82) is 0 Å². The van der Waals surface area contributed by atoms with E-state index in [0.717, 1.165) is 25.3 Å². The minimum absolute atomic E-state index is 0.0444. The number of phenolic OH excluding ortho intramolecular Hbond substituents is 4.